The van der Waals surface area contributed by atoms with E-state index in [-0.39, 0.29) is 12.1 Å². The topological polar surface area (TPSA) is 60.4 Å². The normalized spacial score (nSPS) is 22.5. The summed E-state index contributed by atoms with van der Waals surface area (Å²) in [6.45, 7) is 14.4. The van der Waals surface area contributed by atoms with E-state index in [0.717, 1.165) is 37.9 Å². The number of carbonyl (C=O) groups excluding carboxylic acids is 1. The van der Waals surface area contributed by atoms with Gasteiger partial charge in [-0.15, -0.1) is 0 Å². The molecule has 7 heteroatoms. The maximum Gasteiger partial charge on any atom is 0.410 e. The lowest BCUT2D eigenvalue weighted by Gasteiger charge is -2.30. The van der Waals surface area contributed by atoms with Gasteiger partial charge in [-0.2, -0.15) is 0 Å². The minimum Gasteiger partial charge on any atom is -0.444 e. The summed E-state index contributed by atoms with van der Waals surface area (Å²) >= 11 is 0. The Morgan fingerprint density at radius 2 is 1.93 bits per heavy atom. The van der Waals surface area contributed by atoms with E-state index in [1.54, 1.807) is 11.9 Å². The van der Waals surface area contributed by atoms with Gasteiger partial charge >= 0.3 is 6.09 Å². The van der Waals surface area contributed by atoms with E-state index in [1.807, 2.05) is 27.8 Å². The summed E-state index contributed by atoms with van der Waals surface area (Å²) in [4.78, 5) is 23.4. The van der Waals surface area contributed by atoms with Crippen molar-refractivity contribution in [1.82, 2.24) is 20.0 Å². The summed E-state index contributed by atoms with van der Waals surface area (Å²) in [7, 11) is 3.66. The van der Waals surface area contributed by atoms with E-state index in [4.69, 9.17) is 4.74 Å². The number of hydrogen-bond acceptors (Lipinski definition) is 4. The minimum absolute atomic E-state index is 0.0980. The third kappa shape index (κ3) is 8.03. The summed E-state index contributed by atoms with van der Waals surface area (Å²) in [6.07, 6.45) is 5.93. The van der Waals surface area contributed by atoms with E-state index in [2.05, 4.69) is 27.0 Å². The van der Waals surface area contributed by atoms with E-state index in [1.165, 1.54) is 45.3 Å². The predicted molar refractivity (Wildman–Crippen MR) is 119 cm³/mol. The molecule has 0 spiro atoms. The smallest absolute Gasteiger partial charge is 0.410 e. The van der Waals surface area contributed by atoms with Crippen LogP contribution in [0.3, 0.4) is 0 Å². The Morgan fingerprint density at radius 3 is 2.55 bits per heavy atom. The van der Waals surface area contributed by atoms with Crippen LogP contribution in [0.2, 0.25) is 0 Å². The zero-order valence-electron chi connectivity index (χ0n) is 19.5. The van der Waals surface area contributed by atoms with Crippen LogP contribution in [-0.2, 0) is 4.74 Å². The highest BCUT2D eigenvalue weighted by Gasteiger charge is 2.27. The quantitative estimate of drug-likeness (QED) is 0.540. The zero-order valence-corrected chi connectivity index (χ0v) is 19.5. The molecule has 2 unspecified atom stereocenters. The van der Waals surface area contributed by atoms with Crippen LogP contribution in [0.4, 0.5) is 4.79 Å². The Labute approximate surface area is 177 Å². The number of rotatable bonds is 6. The molecule has 2 aliphatic rings. The molecule has 1 amide bonds. The molecule has 1 N–H and O–H groups in total. The number of piperidine rings is 1. The first-order valence-corrected chi connectivity index (χ1v) is 11.3. The Hall–Kier alpha value is -1.50. The third-order valence-electron chi connectivity index (χ3n) is 5.95. The first-order chi connectivity index (χ1) is 13.7. The number of likely N-dealkylation sites (tertiary alicyclic amines) is 2. The third-order valence-corrected chi connectivity index (χ3v) is 5.95. The molecule has 168 valence electrons. The average molecular weight is 410 g/mol. The van der Waals surface area contributed by atoms with Crippen LogP contribution in [-0.4, -0.2) is 91.8 Å². The molecule has 0 aromatic heterocycles. The molecule has 29 heavy (non-hydrogen) atoms. The van der Waals surface area contributed by atoms with Crippen LogP contribution >= 0.6 is 0 Å². The van der Waals surface area contributed by atoms with Gasteiger partial charge in [-0.1, -0.05) is 6.42 Å². The van der Waals surface area contributed by atoms with Crippen molar-refractivity contribution in [3.63, 3.8) is 0 Å². The fraction of sp³-hybridized carbons (Fsp3) is 0.909. The maximum absolute atomic E-state index is 12.2. The number of nitrogens with zero attached hydrogens (tertiary/aromatic N) is 4. The molecule has 2 fully saturated rings. The van der Waals surface area contributed by atoms with Gasteiger partial charge in [-0.05, 0) is 72.4 Å². The second kappa shape index (κ2) is 11.0. The van der Waals surface area contributed by atoms with Crippen LogP contribution in [0.5, 0.6) is 0 Å². The summed E-state index contributed by atoms with van der Waals surface area (Å²) in [5.41, 5.74) is -0.466. The fourth-order valence-corrected chi connectivity index (χ4v) is 4.11. The van der Waals surface area contributed by atoms with Crippen LogP contribution < -0.4 is 5.32 Å². The molecule has 2 aliphatic heterocycles. The SMILES string of the molecule is CN=C(NCCC(C)N(C)C(=O)OC(C)(C)C)N1CCC(CN2CCCCC2)C1. The minimum atomic E-state index is -0.466. The molecular weight excluding hydrogens is 366 g/mol. The van der Waals surface area contributed by atoms with Crippen molar-refractivity contribution in [2.45, 2.75) is 71.4 Å². The van der Waals surface area contributed by atoms with Crippen molar-refractivity contribution < 1.29 is 9.53 Å². The number of carbonyl (C=O) groups is 1. The number of guanidine groups is 1. The zero-order chi connectivity index (χ0) is 21.4. The molecule has 0 saturated carbocycles. The van der Waals surface area contributed by atoms with Gasteiger partial charge in [0, 0.05) is 46.3 Å². The molecule has 2 saturated heterocycles. The molecule has 0 bridgehead atoms. The second-order valence-corrected chi connectivity index (χ2v) is 9.66. The molecule has 0 aromatic carbocycles. The van der Waals surface area contributed by atoms with Crippen molar-refractivity contribution in [3.8, 4) is 0 Å². The number of hydrogen-bond donors (Lipinski definition) is 1. The van der Waals surface area contributed by atoms with Crippen molar-refractivity contribution in [2.75, 3.05) is 53.4 Å². The van der Waals surface area contributed by atoms with Crippen LogP contribution in [0.15, 0.2) is 4.99 Å². The summed E-state index contributed by atoms with van der Waals surface area (Å²) in [5, 5.41) is 3.49. The van der Waals surface area contributed by atoms with Gasteiger partial charge in [0.25, 0.3) is 0 Å². The summed E-state index contributed by atoms with van der Waals surface area (Å²) < 4.78 is 5.46. The second-order valence-electron chi connectivity index (χ2n) is 9.66. The highest BCUT2D eigenvalue weighted by Crippen LogP contribution is 2.20. The predicted octanol–water partition coefficient (Wildman–Crippen LogP) is 3.02. The lowest BCUT2D eigenvalue weighted by atomic mass is 10.1. The number of amides is 1. The molecule has 2 rings (SSSR count). The van der Waals surface area contributed by atoms with Crippen LogP contribution in [0.25, 0.3) is 0 Å². The van der Waals surface area contributed by atoms with Gasteiger partial charge in [0.2, 0.25) is 0 Å². The van der Waals surface area contributed by atoms with Gasteiger partial charge in [0.1, 0.15) is 5.60 Å². The molecular formula is C22H43N5O2. The standard InChI is InChI=1S/C22H43N5O2/c1-18(25(6)21(28)29-22(2,3)4)10-12-24-20(23-5)27-15-11-19(17-27)16-26-13-8-7-9-14-26/h18-19H,7-17H2,1-6H3,(H,23,24). The monoisotopic (exact) mass is 409 g/mol. The molecule has 0 aliphatic carbocycles. The number of nitrogens with one attached hydrogen (secondary N) is 1. The Kier molecular flexibility index (Phi) is 9.05. The number of aliphatic imine (C=N–C) groups is 1. The van der Waals surface area contributed by atoms with E-state index in [0.29, 0.717) is 0 Å². The first kappa shape index (κ1) is 23.8. The molecule has 2 heterocycles. The highest BCUT2D eigenvalue weighted by molar-refractivity contribution is 5.80. The summed E-state index contributed by atoms with van der Waals surface area (Å²) in [6, 6.07) is 0.0980. The largest absolute Gasteiger partial charge is 0.444 e. The van der Waals surface area contributed by atoms with E-state index >= 15 is 0 Å². The van der Waals surface area contributed by atoms with Crippen LogP contribution in [0, 0.1) is 5.92 Å². The van der Waals surface area contributed by atoms with Gasteiger partial charge in [0.05, 0.1) is 0 Å². The Morgan fingerprint density at radius 1 is 1.24 bits per heavy atom. The maximum atomic E-state index is 12.2. The highest BCUT2D eigenvalue weighted by atomic mass is 16.6. The van der Waals surface area contributed by atoms with Crippen molar-refractivity contribution in [2.24, 2.45) is 10.9 Å². The Bertz CT molecular complexity index is 540. The van der Waals surface area contributed by atoms with Crippen molar-refractivity contribution in [3.05, 3.63) is 0 Å². The van der Waals surface area contributed by atoms with Gasteiger partial charge < -0.3 is 24.8 Å². The molecule has 7 nitrogen and oxygen atoms in total. The van der Waals surface area contributed by atoms with Gasteiger partial charge in [-0.25, -0.2) is 4.79 Å². The van der Waals surface area contributed by atoms with E-state index in [9.17, 15) is 4.79 Å². The van der Waals surface area contributed by atoms with Crippen molar-refractivity contribution in [1.29, 1.82) is 0 Å². The van der Waals surface area contributed by atoms with Crippen molar-refractivity contribution >= 4 is 12.1 Å². The lowest BCUT2D eigenvalue weighted by molar-refractivity contribution is 0.0230. The number of ether oxygens (including phenoxy) is 1. The Balaban J connectivity index is 1.71. The average Bonchev–Trinajstić information content (AvgIpc) is 3.12. The fourth-order valence-electron chi connectivity index (χ4n) is 4.11. The van der Waals surface area contributed by atoms with Gasteiger partial charge in [-0.3, -0.25) is 4.99 Å². The van der Waals surface area contributed by atoms with E-state index < -0.39 is 5.60 Å². The molecule has 2 atom stereocenters. The van der Waals surface area contributed by atoms with Gasteiger partial charge in [0.15, 0.2) is 5.96 Å². The van der Waals surface area contributed by atoms with Crippen LogP contribution in [0.1, 0.15) is 59.8 Å². The lowest BCUT2D eigenvalue weighted by Crippen LogP contribution is -2.44. The summed E-state index contributed by atoms with van der Waals surface area (Å²) in [5.74, 6) is 1.72. The molecule has 0 radical (unpaired) electrons. The first-order valence-electron chi connectivity index (χ1n) is 11.3. The molecule has 0 aromatic rings.